The molecule has 0 saturated heterocycles. The van der Waals surface area contributed by atoms with Crippen molar-refractivity contribution in [3.05, 3.63) is 0 Å². The maximum absolute atomic E-state index is 12.0. The Morgan fingerprint density at radius 1 is 1.38 bits per heavy atom. The van der Waals surface area contributed by atoms with Gasteiger partial charge in [0.2, 0.25) is 0 Å². The van der Waals surface area contributed by atoms with Gasteiger partial charge in [0.25, 0.3) is 0 Å². The number of hydrogen-bond acceptors (Lipinski definition) is 1. The first kappa shape index (κ1) is 12.3. The zero-order chi connectivity index (χ0) is 10.6. The lowest BCUT2D eigenvalue weighted by Crippen LogP contribution is -2.22. The highest BCUT2D eigenvalue weighted by Crippen LogP contribution is 2.31. The normalized spacial score (nSPS) is 16.7. The van der Waals surface area contributed by atoms with Gasteiger partial charge in [0, 0.05) is 6.42 Å². The van der Waals surface area contributed by atoms with Gasteiger partial charge in [-0.2, -0.15) is 13.2 Å². The van der Waals surface area contributed by atoms with Gasteiger partial charge >= 0.3 is 12.1 Å². The van der Waals surface area contributed by atoms with Crippen LogP contribution in [0.4, 0.5) is 13.2 Å². The van der Waals surface area contributed by atoms with E-state index in [0.717, 1.165) is 6.92 Å². The quantitative estimate of drug-likeness (QED) is 0.754. The van der Waals surface area contributed by atoms with Gasteiger partial charge in [0.05, 0.1) is 5.92 Å². The molecule has 0 fully saturated rings. The van der Waals surface area contributed by atoms with E-state index >= 15 is 0 Å². The van der Waals surface area contributed by atoms with Crippen molar-refractivity contribution in [1.29, 1.82) is 0 Å². The molecule has 0 aliphatic rings. The fraction of sp³-hybridized carbons (Fsp3) is 0.875. The summed E-state index contributed by atoms with van der Waals surface area (Å²) < 4.78 is 36.0. The minimum Gasteiger partial charge on any atom is -0.481 e. The van der Waals surface area contributed by atoms with Crippen molar-refractivity contribution in [2.75, 3.05) is 0 Å². The third kappa shape index (κ3) is 5.49. The minimum atomic E-state index is -4.22. The first-order valence-electron chi connectivity index (χ1n) is 4.02. The molecule has 0 spiro atoms. The van der Waals surface area contributed by atoms with Crippen LogP contribution < -0.4 is 0 Å². The van der Waals surface area contributed by atoms with Crippen LogP contribution in [0.15, 0.2) is 0 Å². The van der Waals surface area contributed by atoms with Crippen molar-refractivity contribution in [2.24, 2.45) is 11.8 Å². The molecular weight excluding hydrogens is 185 g/mol. The lowest BCUT2D eigenvalue weighted by atomic mass is 9.94. The summed E-state index contributed by atoms with van der Waals surface area (Å²) in [6, 6.07) is 0. The average Bonchev–Trinajstić information content (AvgIpc) is 1.82. The number of rotatable bonds is 4. The molecule has 0 bridgehead atoms. The van der Waals surface area contributed by atoms with E-state index in [1.54, 1.807) is 0 Å². The first-order chi connectivity index (χ1) is 5.73. The van der Waals surface area contributed by atoms with E-state index in [1.807, 2.05) is 0 Å². The Hall–Kier alpha value is -0.740. The molecule has 0 aromatic rings. The summed E-state index contributed by atoms with van der Waals surface area (Å²) in [6.45, 7) is 2.58. The Bertz CT molecular complexity index is 177. The van der Waals surface area contributed by atoms with Gasteiger partial charge in [-0.15, -0.1) is 0 Å². The molecule has 0 amide bonds. The summed E-state index contributed by atoms with van der Waals surface area (Å²) in [6.07, 6.45) is -4.55. The van der Waals surface area contributed by atoms with Crippen molar-refractivity contribution in [3.63, 3.8) is 0 Å². The Morgan fingerprint density at radius 2 is 1.85 bits per heavy atom. The molecule has 0 rings (SSSR count). The highest BCUT2D eigenvalue weighted by Gasteiger charge is 2.36. The van der Waals surface area contributed by atoms with Crippen molar-refractivity contribution < 1.29 is 23.1 Å². The summed E-state index contributed by atoms with van der Waals surface area (Å²) in [5.74, 6) is -2.92. The fourth-order valence-corrected chi connectivity index (χ4v) is 1.12. The van der Waals surface area contributed by atoms with Crippen LogP contribution in [-0.2, 0) is 4.79 Å². The van der Waals surface area contributed by atoms with Crippen LogP contribution in [0.25, 0.3) is 0 Å². The predicted molar refractivity (Wildman–Crippen MR) is 41.3 cm³/mol. The molecule has 1 N–H and O–H groups in total. The van der Waals surface area contributed by atoms with Gasteiger partial charge in [-0.25, -0.2) is 0 Å². The molecule has 0 aliphatic carbocycles. The monoisotopic (exact) mass is 198 g/mol. The minimum absolute atomic E-state index is 0.129. The van der Waals surface area contributed by atoms with E-state index in [-0.39, 0.29) is 12.8 Å². The van der Waals surface area contributed by atoms with Crippen molar-refractivity contribution in [1.82, 2.24) is 0 Å². The van der Waals surface area contributed by atoms with Gasteiger partial charge in [0.15, 0.2) is 0 Å². The van der Waals surface area contributed by atoms with Crippen LogP contribution in [-0.4, -0.2) is 17.3 Å². The van der Waals surface area contributed by atoms with E-state index in [1.165, 1.54) is 6.92 Å². The number of alkyl halides is 3. The third-order valence-corrected chi connectivity index (χ3v) is 1.84. The predicted octanol–water partition coefficient (Wildman–Crippen LogP) is 2.69. The molecule has 2 unspecified atom stereocenters. The van der Waals surface area contributed by atoms with E-state index in [0.29, 0.717) is 0 Å². The maximum Gasteiger partial charge on any atom is 0.391 e. The van der Waals surface area contributed by atoms with E-state index in [4.69, 9.17) is 5.11 Å². The number of carbonyl (C=O) groups is 1. The molecule has 0 saturated carbocycles. The van der Waals surface area contributed by atoms with E-state index < -0.39 is 24.0 Å². The number of carboxylic acids is 1. The number of halogens is 3. The summed E-state index contributed by atoms with van der Waals surface area (Å²) in [7, 11) is 0. The number of aliphatic carboxylic acids is 1. The molecule has 0 aromatic carbocycles. The third-order valence-electron chi connectivity index (χ3n) is 1.84. The molecule has 2 nitrogen and oxygen atoms in total. The summed E-state index contributed by atoms with van der Waals surface area (Å²) in [5.41, 5.74) is 0. The summed E-state index contributed by atoms with van der Waals surface area (Å²) in [5, 5.41) is 8.32. The number of carboxylic acid groups (broad SMARTS) is 1. The fourth-order valence-electron chi connectivity index (χ4n) is 1.12. The summed E-state index contributed by atoms with van der Waals surface area (Å²) in [4.78, 5) is 10.2. The second-order valence-corrected chi connectivity index (χ2v) is 3.38. The lowest BCUT2D eigenvalue weighted by molar-refractivity contribution is -0.174. The Labute approximate surface area is 74.7 Å². The van der Waals surface area contributed by atoms with Crippen molar-refractivity contribution >= 4 is 5.97 Å². The Balaban J connectivity index is 3.92. The van der Waals surface area contributed by atoms with Gasteiger partial charge in [-0.3, -0.25) is 4.79 Å². The highest BCUT2D eigenvalue weighted by atomic mass is 19.4. The van der Waals surface area contributed by atoms with Crippen LogP contribution in [0.3, 0.4) is 0 Å². The molecule has 5 heteroatoms. The van der Waals surface area contributed by atoms with Gasteiger partial charge < -0.3 is 5.11 Å². The van der Waals surface area contributed by atoms with Crippen molar-refractivity contribution in [3.8, 4) is 0 Å². The Morgan fingerprint density at radius 3 is 2.15 bits per heavy atom. The largest absolute Gasteiger partial charge is 0.481 e. The SMILES string of the molecule is CC(CC(=O)O)CC(C)C(F)(F)F. The standard InChI is InChI=1S/C8H13F3O2/c1-5(4-7(12)13)3-6(2)8(9,10)11/h5-6H,3-4H2,1-2H3,(H,12,13). The van der Waals surface area contributed by atoms with E-state index in [9.17, 15) is 18.0 Å². The van der Waals surface area contributed by atoms with Crippen molar-refractivity contribution in [2.45, 2.75) is 32.9 Å². The molecule has 2 atom stereocenters. The molecule has 0 heterocycles. The number of hydrogen-bond donors (Lipinski definition) is 1. The van der Waals surface area contributed by atoms with Gasteiger partial charge in [0.1, 0.15) is 0 Å². The summed E-state index contributed by atoms with van der Waals surface area (Å²) >= 11 is 0. The van der Waals surface area contributed by atoms with Crippen LogP contribution in [0.1, 0.15) is 26.7 Å². The molecule has 0 aromatic heterocycles. The smallest absolute Gasteiger partial charge is 0.391 e. The van der Waals surface area contributed by atoms with Gasteiger partial charge in [-0.1, -0.05) is 13.8 Å². The second-order valence-electron chi connectivity index (χ2n) is 3.38. The van der Waals surface area contributed by atoms with Crippen LogP contribution in [0.5, 0.6) is 0 Å². The molecule has 0 aliphatic heterocycles. The highest BCUT2D eigenvalue weighted by molar-refractivity contribution is 5.66. The zero-order valence-electron chi connectivity index (χ0n) is 7.56. The molecular formula is C8H13F3O2. The maximum atomic E-state index is 12.0. The molecule has 0 radical (unpaired) electrons. The van der Waals surface area contributed by atoms with Gasteiger partial charge in [-0.05, 0) is 12.3 Å². The van der Waals surface area contributed by atoms with E-state index in [2.05, 4.69) is 0 Å². The topological polar surface area (TPSA) is 37.3 Å². The Kier molecular flexibility index (Phi) is 4.23. The molecule has 13 heavy (non-hydrogen) atoms. The second kappa shape index (κ2) is 4.48. The average molecular weight is 198 g/mol. The first-order valence-corrected chi connectivity index (χ1v) is 4.02. The lowest BCUT2D eigenvalue weighted by Gasteiger charge is -2.18. The van der Waals surface area contributed by atoms with Crippen LogP contribution >= 0.6 is 0 Å². The van der Waals surface area contributed by atoms with Crippen LogP contribution in [0, 0.1) is 11.8 Å². The molecule has 78 valence electrons. The van der Waals surface area contributed by atoms with Crippen LogP contribution in [0.2, 0.25) is 0 Å². The zero-order valence-corrected chi connectivity index (χ0v) is 7.56.